The molecule has 0 amide bonds. The Morgan fingerprint density at radius 2 is 2.32 bits per heavy atom. The lowest BCUT2D eigenvalue weighted by molar-refractivity contribution is 0.0952. The number of ether oxygens (including phenoxy) is 2. The molecule has 0 saturated carbocycles. The van der Waals surface area contributed by atoms with Crippen molar-refractivity contribution in [2.24, 2.45) is 5.73 Å². The van der Waals surface area contributed by atoms with Crippen LogP contribution in [0.15, 0.2) is 6.07 Å². The highest BCUT2D eigenvalue weighted by molar-refractivity contribution is 5.36. The zero-order valence-electron chi connectivity index (χ0n) is 11.8. The molecule has 2 heterocycles. The van der Waals surface area contributed by atoms with E-state index in [1.54, 1.807) is 0 Å². The van der Waals surface area contributed by atoms with Gasteiger partial charge in [0.15, 0.2) is 0 Å². The van der Waals surface area contributed by atoms with Crippen molar-refractivity contribution < 1.29 is 9.47 Å². The van der Waals surface area contributed by atoms with Crippen LogP contribution in [0.25, 0.3) is 0 Å². The lowest BCUT2D eigenvalue weighted by Crippen LogP contribution is -2.50. The summed E-state index contributed by atoms with van der Waals surface area (Å²) in [6.07, 6.45) is 0.0946. The van der Waals surface area contributed by atoms with Crippen LogP contribution in [0.3, 0.4) is 0 Å². The molecular formula is C13H22N4O2. The van der Waals surface area contributed by atoms with Gasteiger partial charge in [0.25, 0.3) is 0 Å². The fourth-order valence-electron chi connectivity index (χ4n) is 2.07. The molecule has 0 aliphatic carbocycles. The van der Waals surface area contributed by atoms with Gasteiger partial charge >= 0.3 is 0 Å². The number of rotatable bonds is 4. The molecule has 1 atom stereocenters. The molecule has 0 bridgehead atoms. The predicted molar refractivity (Wildman–Crippen MR) is 73.5 cm³/mol. The van der Waals surface area contributed by atoms with E-state index in [1.807, 2.05) is 26.8 Å². The number of aryl methyl sites for hydroxylation is 1. The van der Waals surface area contributed by atoms with Crippen molar-refractivity contribution in [2.75, 3.05) is 31.2 Å². The molecule has 1 fully saturated rings. The maximum absolute atomic E-state index is 5.78. The van der Waals surface area contributed by atoms with Crippen molar-refractivity contribution in [3.8, 4) is 5.88 Å². The molecule has 0 aromatic carbocycles. The minimum absolute atomic E-state index is 0.0946. The first-order valence-corrected chi connectivity index (χ1v) is 6.67. The minimum Gasteiger partial charge on any atom is -0.475 e. The molecule has 1 unspecified atom stereocenters. The molecule has 1 aromatic rings. The molecule has 1 aliphatic rings. The van der Waals surface area contributed by atoms with Gasteiger partial charge in [0, 0.05) is 24.8 Å². The average molecular weight is 266 g/mol. The van der Waals surface area contributed by atoms with Crippen LogP contribution in [0, 0.1) is 6.92 Å². The second-order valence-electron chi connectivity index (χ2n) is 4.97. The first-order chi connectivity index (χ1) is 9.10. The third-order valence-electron chi connectivity index (χ3n) is 2.93. The van der Waals surface area contributed by atoms with E-state index in [1.165, 1.54) is 0 Å². The number of aromatic nitrogens is 2. The molecule has 6 nitrogen and oxygen atoms in total. The van der Waals surface area contributed by atoms with Crippen LogP contribution in [0.1, 0.15) is 19.5 Å². The minimum atomic E-state index is 0.0946. The number of anilines is 1. The van der Waals surface area contributed by atoms with Gasteiger partial charge < -0.3 is 20.1 Å². The first-order valence-electron chi connectivity index (χ1n) is 6.67. The Balaban J connectivity index is 2.24. The van der Waals surface area contributed by atoms with Crippen molar-refractivity contribution in [2.45, 2.75) is 32.9 Å². The number of morpholine rings is 1. The molecule has 0 spiro atoms. The Morgan fingerprint density at radius 3 is 3.00 bits per heavy atom. The van der Waals surface area contributed by atoms with E-state index in [9.17, 15) is 0 Å². The van der Waals surface area contributed by atoms with Gasteiger partial charge in [0.05, 0.1) is 25.4 Å². The van der Waals surface area contributed by atoms with Crippen LogP contribution < -0.4 is 15.4 Å². The van der Waals surface area contributed by atoms with Crippen LogP contribution >= 0.6 is 0 Å². The van der Waals surface area contributed by atoms with Crippen molar-refractivity contribution >= 4 is 5.95 Å². The topological polar surface area (TPSA) is 73.5 Å². The SMILES string of the molecule is Cc1cc(OC(C)C)nc(N2CCOCC2CN)n1. The van der Waals surface area contributed by atoms with Gasteiger partial charge in [-0.3, -0.25) is 0 Å². The fraction of sp³-hybridized carbons (Fsp3) is 0.692. The van der Waals surface area contributed by atoms with E-state index >= 15 is 0 Å². The molecule has 2 N–H and O–H groups in total. The smallest absolute Gasteiger partial charge is 0.229 e. The maximum atomic E-state index is 5.78. The standard InChI is InChI=1S/C13H22N4O2/c1-9(2)19-12-6-10(3)15-13(16-12)17-4-5-18-8-11(17)7-14/h6,9,11H,4-5,7-8,14H2,1-3H3. The van der Waals surface area contributed by atoms with Gasteiger partial charge in [-0.1, -0.05) is 0 Å². The molecule has 19 heavy (non-hydrogen) atoms. The monoisotopic (exact) mass is 266 g/mol. The van der Waals surface area contributed by atoms with Crippen LogP contribution in [0.5, 0.6) is 5.88 Å². The van der Waals surface area contributed by atoms with E-state index in [4.69, 9.17) is 15.2 Å². The summed E-state index contributed by atoms with van der Waals surface area (Å²) in [4.78, 5) is 11.1. The quantitative estimate of drug-likeness (QED) is 0.866. The Bertz CT molecular complexity index is 425. The fourth-order valence-corrected chi connectivity index (χ4v) is 2.07. The molecule has 1 saturated heterocycles. The van der Waals surface area contributed by atoms with Crippen LogP contribution in [0.4, 0.5) is 5.95 Å². The third kappa shape index (κ3) is 3.54. The molecule has 6 heteroatoms. The van der Waals surface area contributed by atoms with E-state index in [-0.39, 0.29) is 12.1 Å². The van der Waals surface area contributed by atoms with Gasteiger partial charge in [-0.15, -0.1) is 0 Å². The first kappa shape index (κ1) is 14.0. The normalized spacial score (nSPS) is 19.8. The van der Waals surface area contributed by atoms with Crippen LogP contribution in [-0.2, 0) is 4.74 Å². The number of nitrogens with two attached hydrogens (primary N) is 1. The van der Waals surface area contributed by atoms with E-state index in [0.29, 0.717) is 31.6 Å². The lowest BCUT2D eigenvalue weighted by Gasteiger charge is -2.35. The zero-order valence-corrected chi connectivity index (χ0v) is 11.8. The second-order valence-corrected chi connectivity index (χ2v) is 4.97. The van der Waals surface area contributed by atoms with Gasteiger partial charge in [-0.05, 0) is 20.8 Å². The zero-order chi connectivity index (χ0) is 13.8. The molecule has 106 valence electrons. The molecule has 1 aromatic heterocycles. The highest BCUT2D eigenvalue weighted by Gasteiger charge is 2.24. The van der Waals surface area contributed by atoms with Crippen molar-refractivity contribution in [1.82, 2.24) is 9.97 Å². The number of hydrogen-bond donors (Lipinski definition) is 1. The van der Waals surface area contributed by atoms with Gasteiger partial charge in [0.1, 0.15) is 0 Å². The summed E-state index contributed by atoms with van der Waals surface area (Å²) < 4.78 is 11.1. The lowest BCUT2D eigenvalue weighted by atomic mass is 10.2. The molecule has 2 rings (SSSR count). The van der Waals surface area contributed by atoms with Crippen LogP contribution in [0.2, 0.25) is 0 Å². The summed E-state index contributed by atoms with van der Waals surface area (Å²) in [6, 6.07) is 1.98. The maximum Gasteiger partial charge on any atom is 0.229 e. The molecule has 1 aliphatic heterocycles. The van der Waals surface area contributed by atoms with E-state index in [0.717, 1.165) is 12.2 Å². The van der Waals surface area contributed by atoms with Crippen molar-refractivity contribution in [3.05, 3.63) is 11.8 Å². The van der Waals surface area contributed by atoms with Crippen molar-refractivity contribution in [1.29, 1.82) is 0 Å². The second kappa shape index (κ2) is 6.16. The highest BCUT2D eigenvalue weighted by atomic mass is 16.5. The summed E-state index contributed by atoms with van der Waals surface area (Å²) >= 11 is 0. The Hall–Kier alpha value is -1.40. The summed E-state index contributed by atoms with van der Waals surface area (Å²) in [5, 5.41) is 0. The highest BCUT2D eigenvalue weighted by Crippen LogP contribution is 2.19. The summed E-state index contributed by atoms with van der Waals surface area (Å²) in [5.41, 5.74) is 6.67. The van der Waals surface area contributed by atoms with E-state index < -0.39 is 0 Å². The number of hydrogen-bond acceptors (Lipinski definition) is 6. The van der Waals surface area contributed by atoms with Crippen molar-refractivity contribution in [3.63, 3.8) is 0 Å². The van der Waals surface area contributed by atoms with Gasteiger partial charge in [0.2, 0.25) is 11.8 Å². The Morgan fingerprint density at radius 1 is 1.53 bits per heavy atom. The summed E-state index contributed by atoms with van der Waals surface area (Å²) in [6.45, 7) is 8.48. The Labute approximate surface area is 113 Å². The average Bonchev–Trinajstić information content (AvgIpc) is 2.37. The molecule has 0 radical (unpaired) electrons. The number of nitrogens with zero attached hydrogens (tertiary/aromatic N) is 3. The van der Waals surface area contributed by atoms with E-state index in [2.05, 4.69) is 14.9 Å². The van der Waals surface area contributed by atoms with Gasteiger partial charge in [-0.2, -0.15) is 4.98 Å². The third-order valence-corrected chi connectivity index (χ3v) is 2.93. The van der Waals surface area contributed by atoms with Crippen LogP contribution in [-0.4, -0.2) is 48.4 Å². The summed E-state index contributed by atoms with van der Waals surface area (Å²) in [7, 11) is 0. The Kier molecular flexibility index (Phi) is 4.55. The predicted octanol–water partition coefficient (Wildman–Crippen LogP) is 0.736. The van der Waals surface area contributed by atoms with Gasteiger partial charge in [-0.25, -0.2) is 4.98 Å². The molecular weight excluding hydrogens is 244 g/mol. The largest absolute Gasteiger partial charge is 0.475 e. The summed E-state index contributed by atoms with van der Waals surface area (Å²) in [5.74, 6) is 1.29.